The number of sulfonamides is 1. The third kappa shape index (κ3) is 2.76. The van der Waals surface area contributed by atoms with Crippen molar-refractivity contribution in [1.29, 1.82) is 0 Å². The van der Waals surface area contributed by atoms with Gasteiger partial charge in [0, 0.05) is 24.8 Å². The quantitative estimate of drug-likeness (QED) is 0.823. The van der Waals surface area contributed by atoms with E-state index < -0.39 is 10.0 Å². The Hall–Kier alpha value is -0.440. The third-order valence-electron chi connectivity index (χ3n) is 2.83. The summed E-state index contributed by atoms with van der Waals surface area (Å²) in [7, 11) is -3.48. The highest BCUT2D eigenvalue weighted by molar-refractivity contribution is 9.09. The van der Waals surface area contributed by atoms with Crippen LogP contribution in [0, 0.1) is 0 Å². The Balaban J connectivity index is 2.19. The maximum Gasteiger partial charge on any atom is 0.260 e. The first-order valence-electron chi connectivity index (χ1n) is 5.79. The molecule has 1 saturated heterocycles. The number of H-pyrrole nitrogens is 1. The molecule has 1 atom stereocenters. The van der Waals surface area contributed by atoms with Crippen molar-refractivity contribution in [3.05, 3.63) is 12.0 Å². The molecule has 2 rings (SSSR count). The number of rotatable bonds is 4. The molecule has 102 valence electrons. The van der Waals surface area contributed by atoms with Gasteiger partial charge in [-0.3, -0.25) is 0 Å². The van der Waals surface area contributed by atoms with E-state index in [0.717, 1.165) is 0 Å². The van der Waals surface area contributed by atoms with Crippen LogP contribution in [0.3, 0.4) is 0 Å². The molecule has 0 aliphatic carbocycles. The molecule has 1 unspecified atom stereocenters. The molecular weight excluding hydrogens is 322 g/mol. The van der Waals surface area contributed by atoms with E-state index in [-0.39, 0.29) is 11.1 Å². The van der Waals surface area contributed by atoms with Crippen LogP contribution in [-0.2, 0) is 21.2 Å². The second kappa shape index (κ2) is 5.68. The molecular formula is C10H16BrN3O3S. The van der Waals surface area contributed by atoms with Gasteiger partial charge in [-0.2, -0.15) is 4.31 Å². The van der Waals surface area contributed by atoms with E-state index in [9.17, 15) is 8.42 Å². The van der Waals surface area contributed by atoms with Crippen molar-refractivity contribution in [3.63, 3.8) is 0 Å². The number of aromatic nitrogens is 2. The molecule has 2 heterocycles. The zero-order chi connectivity index (χ0) is 13.2. The standard InChI is InChI=1S/C10H16BrN3O3S/c1-2-9-12-6-10(13-9)18(15,16)14-3-4-17-8(5-11)7-14/h6,8H,2-5,7H2,1H3,(H,12,13). The summed E-state index contributed by atoms with van der Waals surface area (Å²) in [6, 6.07) is 0. The minimum absolute atomic E-state index is 0.0953. The second-order valence-electron chi connectivity index (χ2n) is 4.06. The molecule has 0 saturated carbocycles. The molecule has 1 N–H and O–H groups in total. The van der Waals surface area contributed by atoms with E-state index in [1.807, 2.05) is 6.92 Å². The van der Waals surface area contributed by atoms with Gasteiger partial charge < -0.3 is 9.72 Å². The van der Waals surface area contributed by atoms with Crippen LogP contribution in [0.5, 0.6) is 0 Å². The molecule has 1 aliphatic rings. The number of nitrogens with one attached hydrogen (secondary N) is 1. The van der Waals surface area contributed by atoms with E-state index in [2.05, 4.69) is 25.9 Å². The minimum atomic E-state index is -3.48. The van der Waals surface area contributed by atoms with Crippen molar-refractivity contribution >= 4 is 26.0 Å². The molecule has 6 nitrogen and oxygen atoms in total. The number of hydrogen-bond acceptors (Lipinski definition) is 4. The van der Waals surface area contributed by atoms with Crippen molar-refractivity contribution in [2.45, 2.75) is 24.5 Å². The number of ether oxygens (including phenoxy) is 1. The lowest BCUT2D eigenvalue weighted by atomic mass is 10.3. The third-order valence-corrected chi connectivity index (χ3v) is 5.33. The van der Waals surface area contributed by atoms with Crippen molar-refractivity contribution < 1.29 is 13.2 Å². The number of imidazole rings is 1. The summed E-state index contributed by atoms with van der Waals surface area (Å²) in [5.74, 6) is 0.680. The van der Waals surface area contributed by atoms with Gasteiger partial charge in [0.25, 0.3) is 10.0 Å². The first-order chi connectivity index (χ1) is 8.57. The van der Waals surface area contributed by atoms with Crippen molar-refractivity contribution in [2.24, 2.45) is 0 Å². The van der Waals surface area contributed by atoms with Gasteiger partial charge in [0.1, 0.15) is 5.82 Å². The van der Waals surface area contributed by atoms with Gasteiger partial charge in [-0.25, -0.2) is 13.4 Å². The summed E-state index contributed by atoms with van der Waals surface area (Å²) in [5.41, 5.74) is 0. The SMILES string of the molecule is CCc1ncc(S(=O)(=O)N2CCOC(CBr)C2)[nH]1. The van der Waals surface area contributed by atoms with E-state index in [0.29, 0.717) is 37.3 Å². The number of aromatic amines is 1. The maximum atomic E-state index is 12.4. The molecule has 1 fully saturated rings. The molecule has 0 aromatic carbocycles. The van der Waals surface area contributed by atoms with E-state index >= 15 is 0 Å². The Morgan fingerprint density at radius 2 is 2.44 bits per heavy atom. The van der Waals surface area contributed by atoms with Gasteiger partial charge in [-0.15, -0.1) is 0 Å². The monoisotopic (exact) mass is 337 g/mol. The lowest BCUT2D eigenvalue weighted by Crippen LogP contribution is -2.46. The summed E-state index contributed by atoms with van der Waals surface area (Å²) < 4.78 is 31.6. The number of halogens is 1. The predicted molar refractivity (Wildman–Crippen MR) is 70.3 cm³/mol. The van der Waals surface area contributed by atoms with Gasteiger partial charge in [0.15, 0.2) is 5.03 Å². The summed E-state index contributed by atoms with van der Waals surface area (Å²) in [4.78, 5) is 6.87. The Morgan fingerprint density at radius 1 is 1.67 bits per heavy atom. The van der Waals surface area contributed by atoms with Gasteiger partial charge in [0.05, 0.1) is 18.9 Å². The van der Waals surface area contributed by atoms with Crippen LogP contribution in [0.4, 0.5) is 0 Å². The highest BCUT2D eigenvalue weighted by atomic mass is 79.9. The fraction of sp³-hybridized carbons (Fsp3) is 0.700. The molecule has 18 heavy (non-hydrogen) atoms. The predicted octanol–water partition coefficient (Wildman–Crippen LogP) is 0.756. The lowest BCUT2D eigenvalue weighted by Gasteiger charge is -2.30. The Kier molecular flexibility index (Phi) is 4.41. The van der Waals surface area contributed by atoms with Gasteiger partial charge in [-0.05, 0) is 0 Å². The molecule has 1 aromatic heterocycles. The lowest BCUT2D eigenvalue weighted by molar-refractivity contribution is 0.0136. The summed E-state index contributed by atoms with van der Waals surface area (Å²) in [5, 5.41) is 0.789. The van der Waals surface area contributed by atoms with E-state index in [1.54, 1.807) is 0 Å². The average Bonchev–Trinajstić information content (AvgIpc) is 2.88. The van der Waals surface area contributed by atoms with Crippen molar-refractivity contribution in [1.82, 2.24) is 14.3 Å². The molecule has 0 spiro atoms. The number of morpholine rings is 1. The van der Waals surface area contributed by atoms with Crippen LogP contribution in [0.1, 0.15) is 12.7 Å². The highest BCUT2D eigenvalue weighted by Gasteiger charge is 2.31. The largest absolute Gasteiger partial charge is 0.375 e. The zero-order valence-corrected chi connectivity index (χ0v) is 12.5. The van der Waals surface area contributed by atoms with Gasteiger partial charge in [-0.1, -0.05) is 22.9 Å². The van der Waals surface area contributed by atoms with E-state index in [4.69, 9.17) is 4.74 Å². The van der Waals surface area contributed by atoms with Crippen molar-refractivity contribution in [2.75, 3.05) is 25.0 Å². The topological polar surface area (TPSA) is 75.3 Å². The highest BCUT2D eigenvalue weighted by Crippen LogP contribution is 2.18. The average molecular weight is 338 g/mol. The Bertz CT molecular complexity index is 502. The molecule has 1 aliphatic heterocycles. The summed E-state index contributed by atoms with van der Waals surface area (Å²) in [6.45, 7) is 3.09. The Morgan fingerprint density at radius 3 is 3.06 bits per heavy atom. The smallest absolute Gasteiger partial charge is 0.260 e. The van der Waals surface area contributed by atoms with Crippen LogP contribution in [0.15, 0.2) is 11.2 Å². The fourth-order valence-electron chi connectivity index (χ4n) is 1.80. The van der Waals surface area contributed by atoms with Crippen LogP contribution in [0.2, 0.25) is 0 Å². The van der Waals surface area contributed by atoms with Gasteiger partial charge in [0.2, 0.25) is 0 Å². The molecule has 0 amide bonds. The number of hydrogen-bond donors (Lipinski definition) is 1. The summed E-state index contributed by atoms with van der Waals surface area (Å²) in [6.07, 6.45) is 1.97. The molecule has 0 bridgehead atoms. The van der Waals surface area contributed by atoms with Crippen molar-refractivity contribution in [3.8, 4) is 0 Å². The number of nitrogens with zero attached hydrogens (tertiary/aromatic N) is 2. The van der Waals surface area contributed by atoms with Crippen LogP contribution >= 0.6 is 15.9 Å². The zero-order valence-electron chi connectivity index (χ0n) is 10.1. The van der Waals surface area contributed by atoms with Crippen LogP contribution < -0.4 is 0 Å². The molecule has 1 aromatic rings. The number of aryl methyl sites for hydroxylation is 1. The van der Waals surface area contributed by atoms with Crippen LogP contribution in [0.25, 0.3) is 0 Å². The van der Waals surface area contributed by atoms with Gasteiger partial charge >= 0.3 is 0 Å². The fourth-order valence-corrected chi connectivity index (χ4v) is 3.58. The maximum absolute atomic E-state index is 12.4. The number of alkyl halides is 1. The second-order valence-corrected chi connectivity index (χ2v) is 6.61. The van der Waals surface area contributed by atoms with E-state index in [1.165, 1.54) is 10.5 Å². The normalized spacial score (nSPS) is 22.2. The Labute approximate surface area is 115 Å². The molecule has 0 radical (unpaired) electrons. The first-order valence-corrected chi connectivity index (χ1v) is 8.35. The minimum Gasteiger partial charge on any atom is -0.375 e. The molecule has 8 heteroatoms. The summed E-state index contributed by atoms with van der Waals surface area (Å²) >= 11 is 3.31. The van der Waals surface area contributed by atoms with Crippen LogP contribution in [-0.4, -0.2) is 53.8 Å². The first kappa shape index (κ1) is 14.0.